The molecule has 0 radical (unpaired) electrons. The number of thiophene rings is 1. The molecule has 0 aromatic carbocycles. The summed E-state index contributed by atoms with van der Waals surface area (Å²) in [4.78, 5) is 15.2. The normalized spacial score (nSPS) is 17.1. The number of carbonyl (C=O) groups is 1. The van der Waals surface area contributed by atoms with Gasteiger partial charge < -0.3 is 10.2 Å². The molecule has 0 aliphatic carbocycles. The van der Waals surface area contributed by atoms with E-state index in [0.717, 1.165) is 38.8 Å². The highest BCUT2D eigenvalue weighted by molar-refractivity contribution is 7.10. The molecule has 3 nitrogen and oxygen atoms in total. The van der Waals surface area contributed by atoms with Crippen LogP contribution in [0.3, 0.4) is 0 Å². The largest absolute Gasteiger partial charge is 0.330 e. The van der Waals surface area contributed by atoms with Crippen molar-refractivity contribution in [1.29, 1.82) is 0 Å². The van der Waals surface area contributed by atoms with Gasteiger partial charge in [-0.25, -0.2) is 4.79 Å². The van der Waals surface area contributed by atoms with E-state index in [4.69, 9.17) is 0 Å². The fourth-order valence-electron chi connectivity index (χ4n) is 2.22. The number of hydrogen-bond acceptors (Lipinski definition) is 2. The highest BCUT2D eigenvalue weighted by Crippen LogP contribution is 2.23. The van der Waals surface area contributed by atoms with E-state index < -0.39 is 0 Å². The highest BCUT2D eigenvalue weighted by Gasteiger charge is 2.21. The maximum atomic E-state index is 12.0. The van der Waals surface area contributed by atoms with Gasteiger partial charge in [0.05, 0.1) is 6.04 Å². The van der Waals surface area contributed by atoms with Gasteiger partial charge in [0.15, 0.2) is 0 Å². The van der Waals surface area contributed by atoms with Crippen LogP contribution in [0.25, 0.3) is 0 Å². The highest BCUT2D eigenvalue weighted by atomic mass is 32.1. The summed E-state index contributed by atoms with van der Waals surface area (Å²) in [6, 6.07) is 4.45. The van der Waals surface area contributed by atoms with Crippen LogP contribution in [0.5, 0.6) is 0 Å². The van der Waals surface area contributed by atoms with E-state index in [9.17, 15) is 4.79 Å². The Kier molecular flexibility index (Phi) is 4.42. The van der Waals surface area contributed by atoms with Crippen molar-refractivity contribution in [2.75, 3.05) is 13.1 Å². The van der Waals surface area contributed by atoms with Crippen LogP contribution in [-0.4, -0.2) is 24.0 Å². The molecule has 2 amide bonds. The Hall–Kier alpha value is -1.03. The van der Waals surface area contributed by atoms with E-state index in [2.05, 4.69) is 23.7 Å². The summed E-state index contributed by atoms with van der Waals surface area (Å²) >= 11 is 1.72. The molecule has 2 rings (SSSR count). The predicted molar refractivity (Wildman–Crippen MR) is 71.3 cm³/mol. The molecule has 1 atom stereocenters. The van der Waals surface area contributed by atoms with Gasteiger partial charge in [0.2, 0.25) is 0 Å². The van der Waals surface area contributed by atoms with Gasteiger partial charge in [-0.3, -0.25) is 0 Å². The van der Waals surface area contributed by atoms with Crippen LogP contribution in [0.1, 0.15) is 43.5 Å². The summed E-state index contributed by atoms with van der Waals surface area (Å²) in [7, 11) is 0. The Balaban J connectivity index is 1.95. The third kappa shape index (κ3) is 3.22. The molecular formula is C13H20N2OS. The summed E-state index contributed by atoms with van der Waals surface area (Å²) in [5.74, 6) is 0. The Bertz CT molecular complexity index is 344. The van der Waals surface area contributed by atoms with Crippen molar-refractivity contribution >= 4 is 17.4 Å². The van der Waals surface area contributed by atoms with Crippen LogP contribution in [0.2, 0.25) is 0 Å². The Morgan fingerprint density at radius 3 is 2.88 bits per heavy atom. The molecule has 1 aliphatic rings. The molecule has 1 aliphatic heterocycles. The quantitative estimate of drug-likeness (QED) is 0.875. The zero-order chi connectivity index (χ0) is 12.1. The topological polar surface area (TPSA) is 32.3 Å². The van der Waals surface area contributed by atoms with Gasteiger partial charge in [-0.05, 0) is 30.7 Å². The third-order valence-electron chi connectivity index (χ3n) is 3.15. The summed E-state index contributed by atoms with van der Waals surface area (Å²) < 4.78 is 0. The van der Waals surface area contributed by atoms with E-state index in [1.807, 2.05) is 11.0 Å². The average Bonchev–Trinajstić information content (AvgIpc) is 3.01. The number of carbonyl (C=O) groups excluding carboxylic acids is 1. The molecule has 0 spiro atoms. The monoisotopic (exact) mass is 252 g/mol. The third-order valence-corrected chi connectivity index (χ3v) is 4.14. The summed E-state index contributed by atoms with van der Waals surface area (Å²) in [5.41, 5.74) is 0. The molecule has 4 heteroatoms. The second-order valence-electron chi connectivity index (χ2n) is 4.50. The first-order valence-electron chi connectivity index (χ1n) is 6.40. The van der Waals surface area contributed by atoms with Gasteiger partial charge in [-0.1, -0.05) is 19.4 Å². The van der Waals surface area contributed by atoms with Crippen molar-refractivity contribution in [1.82, 2.24) is 10.2 Å². The minimum atomic E-state index is 0.106. The van der Waals surface area contributed by atoms with Crippen LogP contribution >= 0.6 is 11.3 Å². The number of rotatable bonds is 4. The second kappa shape index (κ2) is 6.05. The van der Waals surface area contributed by atoms with Gasteiger partial charge in [0.1, 0.15) is 0 Å². The SMILES string of the molecule is CCCC(NC(=O)N1CCCC1)c1cccs1. The maximum Gasteiger partial charge on any atom is 0.317 e. The van der Waals surface area contributed by atoms with E-state index >= 15 is 0 Å². The summed E-state index contributed by atoms with van der Waals surface area (Å²) in [6.45, 7) is 3.98. The standard InChI is InChI=1S/C13H20N2OS/c1-2-6-11(12-7-5-10-17-12)14-13(16)15-8-3-4-9-15/h5,7,10-11H,2-4,6,8-9H2,1H3,(H,14,16). The molecule has 1 N–H and O–H groups in total. The number of amides is 2. The van der Waals surface area contributed by atoms with Crippen LogP contribution < -0.4 is 5.32 Å². The lowest BCUT2D eigenvalue weighted by Crippen LogP contribution is -2.39. The summed E-state index contributed by atoms with van der Waals surface area (Å²) in [6.07, 6.45) is 4.39. The number of nitrogens with zero attached hydrogens (tertiary/aromatic N) is 1. The van der Waals surface area contributed by atoms with Crippen molar-refractivity contribution in [3.8, 4) is 0 Å². The molecule has 1 aromatic heterocycles. The Labute approximate surface area is 107 Å². The number of hydrogen-bond donors (Lipinski definition) is 1. The lowest BCUT2D eigenvalue weighted by molar-refractivity contribution is 0.204. The van der Waals surface area contributed by atoms with Crippen LogP contribution in [-0.2, 0) is 0 Å². The Morgan fingerprint density at radius 2 is 2.29 bits per heavy atom. The first kappa shape index (κ1) is 12.4. The molecule has 17 heavy (non-hydrogen) atoms. The average molecular weight is 252 g/mol. The second-order valence-corrected chi connectivity index (χ2v) is 5.48. The van der Waals surface area contributed by atoms with Crippen molar-refractivity contribution in [3.63, 3.8) is 0 Å². The molecule has 1 saturated heterocycles. The van der Waals surface area contributed by atoms with Crippen molar-refractivity contribution in [2.45, 2.75) is 38.6 Å². The molecule has 0 saturated carbocycles. The zero-order valence-corrected chi connectivity index (χ0v) is 11.1. The predicted octanol–water partition coefficient (Wildman–Crippen LogP) is 3.39. The fourth-order valence-corrected chi connectivity index (χ4v) is 3.04. The van der Waals surface area contributed by atoms with Gasteiger partial charge in [-0.2, -0.15) is 0 Å². The summed E-state index contributed by atoms with van der Waals surface area (Å²) in [5, 5.41) is 5.23. The van der Waals surface area contributed by atoms with Crippen LogP contribution in [0.15, 0.2) is 17.5 Å². The van der Waals surface area contributed by atoms with Crippen LogP contribution in [0, 0.1) is 0 Å². The lowest BCUT2D eigenvalue weighted by Gasteiger charge is -2.22. The van der Waals surface area contributed by atoms with E-state index in [0.29, 0.717) is 0 Å². The van der Waals surface area contributed by atoms with Gasteiger partial charge in [-0.15, -0.1) is 11.3 Å². The maximum absolute atomic E-state index is 12.0. The van der Waals surface area contributed by atoms with Crippen molar-refractivity contribution in [3.05, 3.63) is 22.4 Å². The molecule has 1 unspecified atom stereocenters. The Morgan fingerprint density at radius 1 is 1.53 bits per heavy atom. The number of likely N-dealkylation sites (tertiary alicyclic amines) is 1. The van der Waals surface area contributed by atoms with Gasteiger partial charge in [0, 0.05) is 18.0 Å². The molecule has 2 heterocycles. The van der Waals surface area contributed by atoms with E-state index in [1.54, 1.807) is 11.3 Å². The molecule has 0 bridgehead atoms. The van der Waals surface area contributed by atoms with Crippen molar-refractivity contribution in [2.24, 2.45) is 0 Å². The number of nitrogens with one attached hydrogen (secondary N) is 1. The van der Waals surface area contributed by atoms with Crippen LogP contribution in [0.4, 0.5) is 4.79 Å². The first-order chi connectivity index (χ1) is 8.31. The van der Waals surface area contributed by atoms with E-state index in [1.165, 1.54) is 4.88 Å². The first-order valence-corrected chi connectivity index (χ1v) is 7.28. The molecule has 94 valence electrons. The fraction of sp³-hybridized carbons (Fsp3) is 0.615. The zero-order valence-electron chi connectivity index (χ0n) is 10.3. The molecular weight excluding hydrogens is 232 g/mol. The minimum absolute atomic E-state index is 0.106. The van der Waals surface area contributed by atoms with Gasteiger partial charge >= 0.3 is 6.03 Å². The van der Waals surface area contributed by atoms with Gasteiger partial charge in [0.25, 0.3) is 0 Å². The minimum Gasteiger partial charge on any atom is -0.330 e. The van der Waals surface area contributed by atoms with Crippen molar-refractivity contribution < 1.29 is 4.79 Å². The molecule has 1 fully saturated rings. The number of urea groups is 1. The molecule has 1 aromatic rings. The lowest BCUT2D eigenvalue weighted by atomic mass is 10.1. The smallest absolute Gasteiger partial charge is 0.317 e. The van der Waals surface area contributed by atoms with E-state index in [-0.39, 0.29) is 12.1 Å².